The molecule has 31 heavy (non-hydrogen) atoms. The maximum Gasteiger partial charge on any atom is 0.256 e. The third-order valence-electron chi connectivity index (χ3n) is 4.69. The number of hydrogen-bond donors (Lipinski definition) is 2. The van der Waals surface area contributed by atoms with Crippen molar-refractivity contribution in [3.05, 3.63) is 88.9 Å². The molecule has 0 aliphatic rings. The Kier molecular flexibility index (Phi) is 8.83. The summed E-state index contributed by atoms with van der Waals surface area (Å²) in [7, 11) is 4.14. The van der Waals surface area contributed by atoms with Gasteiger partial charge in [-0.15, -0.1) is 11.8 Å². The minimum Gasteiger partial charge on any atom is -0.384 e. The fourth-order valence-electron chi connectivity index (χ4n) is 3.09. The smallest absolute Gasteiger partial charge is 0.256 e. The van der Waals surface area contributed by atoms with Gasteiger partial charge in [0.2, 0.25) is 0 Å². The average Bonchev–Trinajstić information content (AvgIpc) is 2.77. The highest BCUT2D eigenvalue weighted by atomic mass is 35.5. The number of thioether (sulfide) groups is 1. The minimum absolute atomic E-state index is 0.130. The molecule has 2 N–H and O–H groups in total. The highest BCUT2D eigenvalue weighted by Crippen LogP contribution is 2.34. The van der Waals surface area contributed by atoms with Crippen LogP contribution >= 0.6 is 23.4 Å². The fraction of sp³-hybridized carbons (Fsp3) is 0.240. The van der Waals surface area contributed by atoms with E-state index in [1.54, 1.807) is 36.0 Å². The summed E-state index contributed by atoms with van der Waals surface area (Å²) in [4.78, 5) is 16.2. The molecule has 3 rings (SSSR count). The van der Waals surface area contributed by atoms with E-state index < -0.39 is 0 Å². The number of nitrogens with one attached hydrogen (secondary N) is 2. The molecule has 0 aliphatic heterocycles. The zero-order valence-corrected chi connectivity index (χ0v) is 19.5. The first kappa shape index (κ1) is 23.2. The maximum atomic E-state index is 13.1. The predicted octanol–water partition coefficient (Wildman–Crippen LogP) is 6.25. The molecular weight excluding hydrogens is 426 g/mol. The molecule has 0 bridgehead atoms. The van der Waals surface area contributed by atoms with Crippen LogP contribution in [-0.4, -0.2) is 38.0 Å². The minimum atomic E-state index is -0.130. The summed E-state index contributed by atoms with van der Waals surface area (Å²) in [5, 5.41) is 7.15. The number of nitrogens with zero attached hydrogens (tertiary/aromatic N) is 1. The number of amides is 1. The number of hydrogen-bond acceptors (Lipinski definition) is 4. The molecule has 162 valence electrons. The van der Waals surface area contributed by atoms with E-state index in [0.717, 1.165) is 41.5 Å². The Labute approximate surface area is 194 Å². The second-order valence-corrected chi connectivity index (χ2v) is 8.92. The van der Waals surface area contributed by atoms with Crippen LogP contribution in [0.25, 0.3) is 0 Å². The van der Waals surface area contributed by atoms with Gasteiger partial charge in [-0.3, -0.25) is 4.79 Å². The molecule has 0 radical (unpaired) electrons. The van der Waals surface area contributed by atoms with E-state index in [-0.39, 0.29) is 5.91 Å². The van der Waals surface area contributed by atoms with Crippen LogP contribution in [0, 0.1) is 0 Å². The Bertz CT molecular complexity index is 978. The molecule has 0 aliphatic carbocycles. The largest absolute Gasteiger partial charge is 0.384 e. The first-order chi connectivity index (χ1) is 15.0. The zero-order valence-electron chi connectivity index (χ0n) is 17.9. The van der Waals surface area contributed by atoms with Crippen LogP contribution in [0.4, 0.5) is 11.4 Å². The van der Waals surface area contributed by atoms with Crippen LogP contribution in [0.1, 0.15) is 22.3 Å². The van der Waals surface area contributed by atoms with Crippen molar-refractivity contribution in [2.24, 2.45) is 0 Å². The number of carbonyl (C=O) groups excluding carboxylic acids is 1. The fourth-order valence-corrected chi connectivity index (χ4v) is 4.33. The van der Waals surface area contributed by atoms with E-state index in [2.05, 4.69) is 41.8 Å². The zero-order chi connectivity index (χ0) is 22.1. The van der Waals surface area contributed by atoms with E-state index in [4.69, 9.17) is 11.6 Å². The summed E-state index contributed by atoms with van der Waals surface area (Å²) in [5.41, 5.74) is 3.59. The van der Waals surface area contributed by atoms with E-state index >= 15 is 0 Å². The Hall–Kier alpha value is -2.47. The lowest BCUT2D eigenvalue weighted by Gasteiger charge is -2.17. The summed E-state index contributed by atoms with van der Waals surface area (Å²) < 4.78 is 0. The molecule has 3 aromatic carbocycles. The van der Waals surface area contributed by atoms with Gasteiger partial charge in [0.1, 0.15) is 0 Å². The van der Waals surface area contributed by atoms with Gasteiger partial charge in [-0.1, -0.05) is 48.0 Å². The van der Waals surface area contributed by atoms with Crippen LogP contribution in [0.15, 0.2) is 77.7 Å². The second-order valence-electron chi connectivity index (χ2n) is 7.50. The van der Waals surface area contributed by atoms with Gasteiger partial charge in [-0.05, 0) is 69.0 Å². The molecule has 1 amide bonds. The van der Waals surface area contributed by atoms with E-state index in [9.17, 15) is 4.79 Å². The van der Waals surface area contributed by atoms with E-state index in [0.29, 0.717) is 10.6 Å². The van der Waals surface area contributed by atoms with Crippen LogP contribution in [-0.2, 0) is 5.75 Å². The first-order valence-electron chi connectivity index (χ1n) is 10.3. The van der Waals surface area contributed by atoms with Crippen molar-refractivity contribution in [2.45, 2.75) is 17.1 Å². The summed E-state index contributed by atoms with van der Waals surface area (Å²) in [6, 6.07) is 23.3. The Balaban J connectivity index is 1.80. The summed E-state index contributed by atoms with van der Waals surface area (Å²) >= 11 is 7.64. The summed E-state index contributed by atoms with van der Waals surface area (Å²) in [6.07, 6.45) is 1.02. The predicted molar refractivity (Wildman–Crippen MR) is 134 cm³/mol. The van der Waals surface area contributed by atoms with Crippen molar-refractivity contribution in [3.63, 3.8) is 0 Å². The number of carbonyl (C=O) groups is 1. The van der Waals surface area contributed by atoms with Gasteiger partial charge in [0, 0.05) is 33.6 Å². The van der Waals surface area contributed by atoms with Crippen LogP contribution in [0.2, 0.25) is 5.02 Å². The SMILES string of the molecule is CN(C)CCCNc1cccc(C(=O)Nc2ccc(Cl)cc2)c1SCc1ccccc1. The van der Waals surface area contributed by atoms with Crippen LogP contribution in [0.5, 0.6) is 0 Å². The standard InChI is InChI=1S/C25H28ClN3OS/c1-29(2)17-7-16-27-23-11-6-10-22(24(23)31-18-19-8-4-3-5-9-19)25(30)28-21-14-12-20(26)13-15-21/h3-6,8-15,27H,7,16-18H2,1-2H3,(H,28,30). The Morgan fingerprint density at radius 2 is 1.71 bits per heavy atom. The van der Waals surface area contributed by atoms with E-state index in [1.165, 1.54) is 5.56 Å². The molecule has 0 spiro atoms. The molecule has 0 atom stereocenters. The van der Waals surface area contributed by atoms with Gasteiger partial charge >= 0.3 is 0 Å². The first-order valence-corrected chi connectivity index (χ1v) is 11.6. The number of halogens is 1. The highest BCUT2D eigenvalue weighted by Gasteiger charge is 2.16. The quantitative estimate of drug-likeness (QED) is 0.281. The number of benzene rings is 3. The monoisotopic (exact) mass is 453 g/mol. The molecular formula is C25H28ClN3OS. The van der Waals surface area contributed by atoms with Crippen molar-refractivity contribution < 1.29 is 4.79 Å². The van der Waals surface area contributed by atoms with Crippen LogP contribution < -0.4 is 10.6 Å². The molecule has 6 heteroatoms. The lowest BCUT2D eigenvalue weighted by atomic mass is 10.1. The lowest BCUT2D eigenvalue weighted by Crippen LogP contribution is -2.17. The third kappa shape index (κ3) is 7.31. The van der Waals surface area contributed by atoms with Crippen molar-refractivity contribution in [1.29, 1.82) is 0 Å². The normalized spacial score (nSPS) is 10.8. The lowest BCUT2D eigenvalue weighted by molar-refractivity contribution is 0.102. The number of anilines is 2. The Morgan fingerprint density at radius 3 is 2.42 bits per heavy atom. The molecule has 0 aromatic heterocycles. The van der Waals surface area contributed by atoms with Crippen molar-refractivity contribution in [3.8, 4) is 0 Å². The van der Waals surface area contributed by atoms with Crippen LogP contribution in [0.3, 0.4) is 0 Å². The molecule has 0 fully saturated rings. The number of rotatable bonds is 10. The molecule has 0 saturated carbocycles. The third-order valence-corrected chi connectivity index (χ3v) is 6.14. The maximum absolute atomic E-state index is 13.1. The average molecular weight is 454 g/mol. The van der Waals surface area contributed by atoms with Gasteiger partial charge in [-0.25, -0.2) is 0 Å². The van der Waals surface area contributed by atoms with Crippen molar-refractivity contribution >= 4 is 40.6 Å². The van der Waals surface area contributed by atoms with Gasteiger partial charge in [0.15, 0.2) is 0 Å². The van der Waals surface area contributed by atoms with Gasteiger partial charge in [0.05, 0.1) is 5.56 Å². The van der Waals surface area contributed by atoms with Gasteiger partial charge in [0.25, 0.3) is 5.91 Å². The summed E-state index contributed by atoms with van der Waals surface area (Å²) in [6.45, 7) is 1.86. The summed E-state index contributed by atoms with van der Waals surface area (Å²) in [5.74, 6) is 0.660. The molecule has 0 unspecified atom stereocenters. The second kappa shape index (κ2) is 11.8. The highest BCUT2D eigenvalue weighted by molar-refractivity contribution is 7.98. The Morgan fingerprint density at radius 1 is 0.968 bits per heavy atom. The van der Waals surface area contributed by atoms with Gasteiger partial charge in [-0.2, -0.15) is 0 Å². The molecule has 0 heterocycles. The van der Waals surface area contributed by atoms with E-state index in [1.807, 2.05) is 36.4 Å². The molecule has 3 aromatic rings. The van der Waals surface area contributed by atoms with Crippen molar-refractivity contribution in [2.75, 3.05) is 37.8 Å². The molecule has 4 nitrogen and oxygen atoms in total. The topological polar surface area (TPSA) is 44.4 Å². The van der Waals surface area contributed by atoms with Crippen molar-refractivity contribution in [1.82, 2.24) is 4.90 Å². The molecule has 0 saturated heterocycles. The van der Waals surface area contributed by atoms with Gasteiger partial charge < -0.3 is 15.5 Å².